The first kappa shape index (κ1) is 15.9. The fraction of sp³-hybridized carbons (Fsp3) is 0.158. The van der Waals surface area contributed by atoms with Crippen LogP contribution in [-0.4, -0.2) is 17.0 Å². The van der Waals surface area contributed by atoms with Crippen LogP contribution in [0.15, 0.2) is 48.0 Å². The molecule has 0 radical (unpaired) electrons. The third kappa shape index (κ3) is 3.06. The average molecular weight is 325 g/mol. The summed E-state index contributed by atoms with van der Waals surface area (Å²) in [6, 6.07) is 11.9. The summed E-state index contributed by atoms with van der Waals surface area (Å²) in [7, 11) is 0. The number of anilines is 1. The maximum atomic E-state index is 13.8. The van der Waals surface area contributed by atoms with Crippen molar-refractivity contribution in [2.75, 3.05) is 4.90 Å². The highest BCUT2D eigenvalue weighted by Gasteiger charge is 2.25. The minimum Gasteiger partial charge on any atom is -0.478 e. The predicted molar refractivity (Wildman–Crippen MR) is 89.0 cm³/mol. The number of hydrogen-bond acceptors (Lipinski definition) is 2. The van der Waals surface area contributed by atoms with Crippen molar-refractivity contribution in [3.63, 3.8) is 0 Å². The van der Waals surface area contributed by atoms with Gasteiger partial charge in [-0.15, -0.1) is 0 Å². The van der Waals surface area contributed by atoms with Crippen LogP contribution in [0.5, 0.6) is 0 Å². The van der Waals surface area contributed by atoms with Crippen LogP contribution in [0.3, 0.4) is 0 Å². The molecule has 0 atom stereocenters. The second kappa shape index (κ2) is 6.28. The van der Waals surface area contributed by atoms with Crippen molar-refractivity contribution < 1.29 is 19.1 Å². The number of aryl methyl sites for hydroxylation is 1. The lowest BCUT2D eigenvalue weighted by Crippen LogP contribution is -2.30. The van der Waals surface area contributed by atoms with Crippen molar-refractivity contribution in [1.29, 1.82) is 0 Å². The van der Waals surface area contributed by atoms with Crippen LogP contribution in [0.1, 0.15) is 23.1 Å². The zero-order valence-corrected chi connectivity index (χ0v) is 13.1. The first-order valence-corrected chi connectivity index (χ1v) is 7.54. The van der Waals surface area contributed by atoms with E-state index in [2.05, 4.69) is 0 Å². The van der Waals surface area contributed by atoms with Gasteiger partial charge in [0.25, 0.3) is 0 Å². The van der Waals surface area contributed by atoms with Gasteiger partial charge in [0.15, 0.2) is 0 Å². The molecule has 0 fully saturated rings. The lowest BCUT2D eigenvalue weighted by molar-refractivity contribution is -0.133. The maximum Gasteiger partial charge on any atom is 0.332 e. The maximum absolute atomic E-state index is 13.8. The summed E-state index contributed by atoms with van der Waals surface area (Å²) in [6.07, 6.45) is 1.32. The summed E-state index contributed by atoms with van der Waals surface area (Å²) < 4.78 is 13.8. The van der Waals surface area contributed by atoms with Crippen LogP contribution in [0.2, 0.25) is 0 Å². The minimum atomic E-state index is -1.11. The molecule has 1 amide bonds. The Morgan fingerprint density at radius 1 is 1.25 bits per heavy atom. The Balaban J connectivity index is 2.01. The van der Waals surface area contributed by atoms with E-state index < -0.39 is 5.97 Å². The molecule has 3 rings (SSSR count). The Bertz CT molecular complexity index is 857. The Kier molecular flexibility index (Phi) is 4.16. The SMILES string of the molecule is Cc1ccc(CN2C(=O)CC(C(=O)O)=Cc3ccccc32)cc1F. The highest BCUT2D eigenvalue weighted by molar-refractivity contribution is 6.06. The van der Waals surface area contributed by atoms with Gasteiger partial charge in [-0.1, -0.05) is 30.3 Å². The number of nitrogens with zero attached hydrogens (tertiary/aromatic N) is 1. The zero-order valence-electron chi connectivity index (χ0n) is 13.1. The molecule has 24 heavy (non-hydrogen) atoms. The normalized spacial score (nSPS) is 14.0. The molecular weight excluding hydrogens is 309 g/mol. The van der Waals surface area contributed by atoms with Gasteiger partial charge in [-0.05, 0) is 41.8 Å². The third-order valence-corrected chi connectivity index (χ3v) is 4.05. The van der Waals surface area contributed by atoms with Gasteiger partial charge < -0.3 is 10.0 Å². The van der Waals surface area contributed by atoms with Crippen molar-refractivity contribution in [1.82, 2.24) is 0 Å². The number of fused-ring (bicyclic) bond motifs is 1. The van der Waals surface area contributed by atoms with Crippen molar-refractivity contribution >= 4 is 23.6 Å². The minimum absolute atomic E-state index is 0.0463. The molecular formula is C19H16FNO3. The Labute approximate surface area is 138 Å². The van der Waals surface area contributed by atoms with Gasteiger partial charge in [-0.2, -0.15) is 0 Å². The molecule has 5 heteroatoms. The van der Waals surface area contributed by atoms with Crippen molar-refractivity contribution in [3.8, 4) is 0 Å². The van der Waals surface area contributed by atoms with E-state index in [0.717, 1.165) is 0 Å². The zero-order chi connectivity index (χ0) is 17.3. The molecule has 2 aromatic carbocycles. The number of carboxylic acid groups (broad SMARTS) is 1. The van der Waals surface area contributed by atoms with Crippen LogP contribution < -0.4 is 4.90 Å². The molecule has 0 saturated heterocycles. The fourth-order valence-electron chi connectivity index (χ4n) is 2.71. The first-order chi connectivity index (χ1) is 11.5. The van der Waals surface area contributed by atoms with E-state index in [-0.39, 0.29) is 30.3 Å². The molecule has 0 unspecified atom stereocenters. The van der Waals surface area contributed by atoms with Gasteiger partial charge >= 0.3 is 5.97 Å². The monoisotopic (exact) mass is 325 g/mol. The van der Waals surface area contributed by atoms with Gasteiger partial charge in [0, 0.05) is 5.57 Å². The van der Waals surface area contributed by atoms with Crippen molar-refractivity contribution in [2.45, 2.75) is 19.9 Å². The Hall–Kier alpha value is -2.95. The average Bonchev–Trinajstić information content (AvgIpc) is 2.68. The first-order valence-electron chi connectivity index (χ1n) is 7.54. The molecule has 1 heterocycles. The van der Waals surface area contributed by atoms with Crippen molar-refractivity contribution in [3.05, 3.63) is 70.5 Å². The number of carbonyl (C=O) groups excluding carboxylic acids is 1. The number of rotatable bonds is 3. The number of hydrogen-bond donors (Lipinski definition) is 1. The lowest BCUT2D eigenvalue weighted by atomic mass is 10.1. The van der Waals surface area contributed by atoms with E-state index in [9.17, 15) is 19.1 Å². The number of benzene rings is 2. The second-order valence-electron chi connectivity index (χ2n) is 5.77. The molecule has 2 aromatic rings. The number of carboxylic acids is 1. The molecule has 0 spiro atoms. The van der Waals surface area contributed by atoms with E-state index in [0.29, 0.717) is 22.4 Å². The fourth-order valence-corrected chi connectivity index (χ4v) is 2.71. The number of halogens is 1. The van der Waals surface area contributed by atoms with Crippen LogP contribution in [0, 0.1) is 12.7 Å². The lowest BCUT2D eigenvalue weighted by Gasteiger charge is -2.23. The smallest absolute Gasteiger partial charge is 0.332 e. The molecule has 0 aromatic heterocycles. The number of amides is 1. The Morgan fingerprint density at radius 2 is 2.00 bits per heavy atom. The van der Waals surface area contributed by atoms with Crippen LogP contribution in [0.25, 0.3) is 6.08 Å². The van der Waals surface area contributed by atoms with Gasteiger partial charge in [0.05, 0.1) is 18.7 Å². The van der Waals surface area contributed by atoms with Crippen LogP contribution in [-0.2, 0) is 16.1 Å². The van der Waals surface area contributed by atoms with E-state index in [1.165, 1.54) is 17.0 Å². The van der Waals surface area contributed by atoms with Crippen molar-refractivity contribution in [2.24, 2.45) is 0 Å². The Morgan fingerprint density at radius 3 is 2.71 bits per heavy atom. The largest absolute Gasteiger partial charge is 0.478 e. The number of carbonyl (C=O) groups is 2. The quantitative estimate of drug-likeness (QED) is 0.939. The van der Waals surface area contributed by atoms with E-state index in [4.69, 9.17) is 0 Å². The predicted octanol–water partition coefficient (Wildman–Crippen LogP) is 3.54. The van der Waals surface area contributed by atoms with Crippen LogP contribution in [0.4, 0.5) is 10.1 Å². The molecule has 1 aliphatic heterocycles. The molecule has 0 saturated carbocycles. The van der Waals surface area contributed by atoms with Gasteiger partial charge in [-0.3, -0.25) is 4.79 Å². The summed E-state index contributed by atoms with van der Waals surface area (Å²) in [6.45, 7) is 1.86. The second-order valence-corrected chi connectivity index (χ2v) is 5.77. The molecule has 4 nitrogen and oxygen atoms in total. The van der Waals surface area contributed by atoms with Crippen LogP contribution >= 0.6 is 0 Å². The molecule has 0 bridgehead atoms. The molecule has 122 valence electrons. The summed E-state index contributed by atoms with van der Waals surface area (Å²) in [5.74, 6) is -1.76. The highest BCUT2D eigenvalue weighted by Crippen LogP contribution is 2.30. The number of aliphatic carboxylic acids is 1. The van der Waals surface area contributed by atoms with E-state index in [1.807, 2.05) is 0 Å². The molecule has 0 aliphatic carbocycles. The summed E-state index contributed by atoms with van der Waals surface area (Å²) in [4.78, 5) is 25.4. The topological polar surface area (TPSA) is 57.6 Å². The highest BCUT2D eigenvalue weighted by atomic mass is 19.1. The standard InChI is InChI=1S/C19H16FNO3/c1-12-6-7-13(8-16(12)20)11-21-17-5-3-2-4-14(17)9-15(19(23)24)10-18(21)22/h2-9H,10-11H2,1H3,(H,23,24). The third-order valence-electron chi connectivity index (χ3n) is 4.05. The van der Waals surface area contributed by atoms with Gasteiger partial charge in [0.2, 0.25) is 5.91 Å². The van der Waals surface area contributed by atoms with Gasteiger partial charge in [-0.25, -0.2) is 9.18 Å². The van der Waals surface area contributed by atoms with Gasteiger partial charge in [0.1, 0.15) is 5.82 Å². The molecule has 1 N–H and O–H groups in total. The van der Waals surface area contributed by atoms with E-state index in [1.54, 1.807) is 43.3 Å². The summed E-state index contributed by atoms with van der Waals surface area (Å²) in [5.41, 5.74) is 2.52. The molecule has 1 aliphatic rings. The summed E-state index contributed by atoms with van der Waals surface area (Å²) >= 11 is 0. The van der Waals surface area contributed by atoms with E-state index >= 15 is 0 Å². The summed E-state index contributed by atoms with van der Waals surface area (Å²) in [5, 5.41) is 9.26. The number of para-hydroxylation sites is 1.